The number of rotatable bonds is 7. The Hall–Kier alpha value is -3.22. The van der Waals surface area contributed by atoms with Gasteiger partial charge in [0.05, 0.1) is 20.3 Å². The van der Waals surface area contributed by atoms with E-state index in [2.05, 4.69) is 69.3 Å². The standard InChI is InChI=1S/C32H38O5Si/c1-30(2,3)38(26-18-12-8-13-19-26,27-20-14-9-15-21-27)23-25-22-32(28(33)35-5,29(34)36-6)31(4,37-25)24-16-10-7-11-17-24/h7-21,25H,22-23H2,1-6H3. The van der Waals surface area contributed by atoms with Crippen LogP contribution >= 0.6 is 0 Å². The summed E-state index contributed by atoms with van der Waals surface area (Å²) in [6, 6.07) is 31.4. The Balaban J connectivity index is 1.93. The zero-order valence-corrected chi connectivity index (χ0v) is 24.2. The first kappa shape index (κ1) is 27.8. The summed E-state index contributed by atoms with van der Waals surface area (Å²) >= 11 is 0. The molecule has 2 unspecified atom stereocenters. The summed E-state index contributed by atoms with van der Waals surface area (Å²) in [6.45, 7) is 8.69. The lowest BCUT2D eigenvalue weighted by molar-refractivity contribution is -0.183. The average Bonchev–Trinajstić information content (AvgIpc) is 3.25. The molecule has 0 aromatic heterocycles. The van der Waals surface area contributed by atoms with Gasteiger partial charge in [0.2, 0.25) is 0 Å². The molecule has 200 valence electrons. The minimum absolute atomic E-state index is 0.107. The van der Waals surface area contributed by atoms with E-state index in [9.17, 15) is 9.59 Å². The summed E-state index contributed by atoms with van der Waals surface area (Å²) in [5.41, 5.74) is -2.18. The fourth-order valence-corrected chi connectivity index (χ4v) is 12.1. The fourth-order valence-electron chi connectivity index (χ4n) is 6.55. The Morgan fingerprint density at radius 2 is 1.24 bits per heavy atom. The van der Waals surface area contributed by atoms with Crippen molar-refractivity contribution < 1.29 is 23.8 Å². The monoisotopic (exact) mass is 530 g/mol. The van der Waals surface area contributed by atoms with Gasteiger partial charge in [-0.25, -0.2) is 0 Å². The molecule has 0 spiro atoms. The molecule has 1 aliphatic heterocycles. The molecule has 6 heteroatoms. The molecule has 1 fully saturated rings. The maximum absolute atomic E-state index is 13.6. The highest BCUT2D eigenvalue weighted by Crippen LogP contribution is 2.56. The molecule has 0 amide bonds. The van der Waals surface area contributed by atoms with E-state index in [-0.39, 0.29) is 11.5 Å². The molecular formula is C32H38O5Si. The smallest absolute Gasteiger partial charge is 0.326 e. The number of esters is 2. The van der Waals surface area contributed by atoms with Gasteiger partial charge >= 0.3 is 11.9 Å². The Morgan fingerprint density at radius 1 is 0.816 bits per heavy atom. The molecule has 2 atom stereocenters. The van der Waals surface area contributed by atoms with Crippen LogP contribution in [-0.2, 0) is 29.4 Å². The van der Waals surface area contributed by atoms with Gasteiger partial charge in [0.25, 0.3) is 0 Å². The topological polar surface area (TPSA) is 61.8 Å². The third-order valence-corrected chi connectivity index (χ3v) is 14.8. The van der Waals surface area contributed by atoms with Crippen LogP contribution in [0.1, 0.15) is 39.7 Å². The number of hydrogen-bond acceptors (Lipinski definition) is 5. The molecule has 0 radical (unpaired) electrons. The molecule has 5 nitrogen and oxygen atoms in total. The molecule has 0 saturated carbocycles. The normalized spacial score (nSPS) is 21.1. The van der Waals surface area contributed by atoms with Gasteiger partial charge in [-0.3, -0.25) is 9.59 Å². The van der Waals surface area contributed by atoms with Gasteiger partial charge in [-0.05, 0) is 23.6 Å². The Bertz CT molecular complexity index is 1200. The first-order chi connectivity index (χ1) is 18.1. The summed E-state index contributed by atoms with van der Waals surface area (Å²) in [4.78, 5) is 27.2. The first-order valence-corrected chi connectivity index (χ1v) is 15.3. The van der Waals surface area contributed by atoms with Crippen molar-refractivity contribution in [2.24, 2.45) is 5.41 Å². The van der Waals surface area contributed by atoms with Crippen molar-refractivity contribution in [3.8, 4) is 0 Å². The predicted octanol–water partition coefficient (Wildman–Crippen LogP) is 5.09. The molecule has 1 aliphatic rings. The fraction of sp³-hybridized carbons (Fsp3) is 0.375. The van der Waals surface area contributed by atoms with E-state index in [0.29, 0.717) is 6.04 Å². The molecule has 0 bridgehead atoms. The van der Waals surface area contributed by atoms with E-state index in [1.165, 1.54) is 24.6 Å². The summed E-state index contributed by atoms with van der Waals surface area (Å²) < 4.78 is 17.5. The van der Waals surface area contributed by atoms with E-state index in [1.807, 2.05) is 49.4 Å². The Labute approximate surface area is 227 Å². The van der Waals surface area contributed by atoms with Gasteiger partial charge in [0.15, 0.2) is 5.41 Å². The number of carbonyl (C=O) groups excluding carboxylic acids is 2. The van der Waals surface area contributed by atoms with E-state index < -0.39 is 37.1 Å². The minimum Gasteiger partial charge on any atom is -0.468 e. The predicted molar refractivity (Wildman–Crippen MR) is 152 cm³/mol. The van der Waals surface area contributed by atoms with Crippen LogP contribution in [0.3, 0.4) is 0 Å². The van der Waals surface area contributed by atoms with Gasteiger partial charge in [-0.1, -0.05) is 122 Å². The van der Waals surface area contributed by atoms with Crippen LogP contribution in [0, 0.1) is 5.41 Å². The van der Waals surface area contributed by atoms with E-state index in [1.54, 1.807) is 0 Å². The highest BCUT2D eigenvalue weighted by Gasteiger charge is 2.69. The summed E-state index contributed by atoms with van der Waals surface area (Å²) in [6.07, 6.45) is -0.230. The lowest BCUT2D eigenvalue weighted by Gasteiger charge is -2.45. The minimum atomic E-state index is -2.56. The van der Waals surface area contributed by atoms with Gasteiger partial charge in [-0.2, -0.15) is 0 Å². The highest BCUT2D eigenvalue weighted by molar-refractivity contribution is 7.04. The van der Waals surface area contributed by atoms with Crippen LogP contribution in [0.4, 0.5) is 0 Å². The lowest BCUT2D eigenvalue weighted by Crippen LogP contribution is -2.65. The molecule has 3 aromatic rings. The highest BCUT2D eigenvalue weighted by atomic mass is 28.3. The van der Waals surface area contributed by atoms with E-state index in [4.69, 9.17) is 14.2 Å². The van der Waals surface area contributed by atoms with Crippen LogP contribution < -0.4 is 10.4 Å². The number of methoxy groups -OCH3 is 2. The zero-order chi connectivity index (χ0) is 27.6. The number of carbonyl (C=O) groups is 2. The van der Waals surface area contributed by atoms with Crippen molar-refractivity contribution >= 4 is 30.4 Å². The second-order valence-corrected chi connectivity index (χ2v) is 16.2. The first-order valence-electron chi connectivity index (χ1n) is 13.1. The van der Waals surface area contributed by atoms with Crippen LogP contribution in [0.25, 0.3) is 0 Å². The van der Waals surface area contributed by atoms with Crippen LogP contribution in [0.5, 0.6) is 0 Å². The maximum atomic E-state index is 13.6. The molecule has 1 saturated heterocycles. The number of ether oxygens (including phenoxy) is 3. The third-order valence-electron chi connectivity index (χ3n) is 8.49. The van der Waals surface area contributed by atoms with Gasteiger partial charge in [0, 0.05) is 6.42 Å². The van der Waals surface area contributed by atoms with Crippen LogP contribution in [0.15, 0.2) is 91.0 Å². The van der Waals surface area contributed by atoms with Crippen molar-refractivity contribution in [2.45, 2.75) is 56.9 Å². The molecule has 4 rings (SSSR count). The Kier molecular flexibility index (Phi) is 7.68. The third kappa shape index (κ3) is 4.30. The lowest BCUT2D eigenvalue weighted by atomic mass is 9.68. The van der Waals surface area contributed by atoms with E-state index >= 15 is 0 Å². The van der Waals surface area contributed by atoms with Crippen molar-refractivity contribution in [3.63, 3.8) is 0 Å². The molecule has 38 heavy (non-hydrogen) atoms. The van der Waals surface area contributed by atoms with Crippen molar-refractivity contribution in [3.05, 3.63) is 96.6 Å². The van der Waals surface area contributed by atoms with Crippen molar-refractivity contribution in [1.29, 1.82) is 0 Å². The summed E-state index contributed by atoms with van der Waals surface area (Å²) in [7, 11) is 0.0673. The molecular weight excluding hydrogens is 492 g/mol. The molecule has 0 N–H and O–H groups in total. The molecule has 3 aromatic carbocycles. The molecule has 0 aliphatic carbocycles. The van der Waals surface area contributed by atoms with Crippen LogP contribution in [0.2, 0.25) is 11.1 Å². The van der Waals surface area contributed by atoms with Crippen molar-refractivity contribution in [1.82, 2.24) is 0 Å². The second kappa shape index (κ2) is 10.5. The molecule has 1 heterocycles. The van der Waals surface area contributed by atoms with E-state index in [0.717, 1.165) is 5.56 Å². The van der Waals surface area contributed by atoms with Gasteiger partial charge in [0.1, 0.15) is 13.7 Å². The van der Waals surface area contributed by atoms with Crippen molar-refractivity contribution in [2.75, 3.05) is 14.2 Å². The SMILES string of the molecule is COC(=O)C1(C(=O)OC)CC(C[Si](c2ccccc2)(c2ccccc2)C(C)(C)C)OC1(C)c1ccccc1. The maximum Gasteiger partial charge on any atom is 0.326 e. The quantitative estimate of drug-likeness (QED) is 0.242. The number of benzene rings is 3. The second-order valence-electron chi connectivity index (χ2n) is 11.3. The van der Waals surface area contributed by atoms with Gasteiger partial charge in [-0.15, -0.1) is 0 Å². The Morgan fingerprint density at radius 3 is 1.63 bits per heavy atom. The largest absolute Gasteiger partial charge is 0.468 e. The number of hydrogen-bond donors (Lipinski definition) is 0. The van der Waals surface area contributed by atoms with Gasteiger partial charge < -0.3 is 14.2 Å². The summed E-state index contributed by atoms with van der Waals surface area (Å²) in [5.74, 6) is -1.28. The van der Waals surface area contributed by atoms with Crippen LogP contribution in [-0.4, -0.2) is 40.3 Å². The zero-order valence-electron chi connectivity index (χ0n) is 23.2. The summed E-state index contributed by atoms with van der Waals surface area (Å²) in [5, 5.41) is 2.47. The average molecular weight is 531 g/mol.